The van der Waals surface area contributed by atoms with Crippen molar-refractivity contribution in [1.82, 2.24) is 20.3 Å². The maximum atomic E-state index is 13.8. The number of nitrogens with zero attached hydrogens (tertiary/aromatic N) is 3. The van der Waals surface area contributed by atoms with Crippen LogP contribution < -0.4 is 10.1 Å². The van der Waals surface area contributed by atoms with Crippen LogP contribution in [-0.2, 0) is 33.7 Å². The Labute approximate surface area is 238 Å². The quantitative estimate of drug-likeness (QED) is 0.238. The number of ketones is 1. The third-order valence-corrected chi connectivity index (χ3v) is 6.59. The highest BCUT2D eigenvalue weighted by Crippen LogP contribution is 2.26. The number of nitrogens with one attached hydrogen (secondary N) is 1. The molecule has 0 aliphatic rings. The van der Waals surface area contributed by atoms with Crippen molar-refractivity contribution in [3.8, 4) is 17.0 Å². The monoisotopic (exact) mass is 558 g/mol. The first-order chi connectivity index (χ1) is 19.2. The number of carbonyl (C=O) groups excluding carboxylic acids is 2. The molecule has 0 saturated carbocycles. The molecule has 3 aromatic heterocycles. The summed E-state index contributed by atoms with van der Waals surface area (Å²) in [5.74, 6) is -0.301. The first-order valence-electron chi connectivity index (χ1n) is 13.1. The average molecular weight is 559 g/mol. The first-order valence-corrected chi connectivity index (χ1v) is 14.0. The van der Waals surface area contributed by atoms with E-state index in [4.69, 9.17) is 9.47 Å². The molecule has 0 fully saturated rings. The number of hydrogen-bond donors (Lipinski definition) is 1. The van der Waals surface area contributed by atoms with Crippen molar-refractivity contribution < 1.29 is 19.1 Å². The van der Waals surface area contributed by atoms with Gasteiger partial charge in [0.25, 0.3) is 0 Å². The highest BCUT2D eigenvalue weighted by Gasteiger charge is 2.23. The lowest BCUT2D eigenvalue weighted by molar-refractivity contribution is -0.157. The van der Waals surface area contributed by atoms with Gasteiger partial charge in [-0.05, 0) is 63.4 Å². The highest BCUT2D eigenvalue weighted by atomic mass is 32.1. The molecule has 0 saturated heterocycles. The minimum Gasteiger partial charge on any atom is -0.465 e. The predicted molar refractivity (Wildman–Crippen MR) is 155 cm³/mol. The van der Waals surface area contributed by atoms with Crippen LogP contribution in [0.3, 0.4) is 0 Å². The largest absolute Gasteiger partial charge is 0.465 e. The van der Waals surface area contributed by atoms with Crippen LogP contribution in [0.5, 0.6) is 5.88 Å². The Morgan fingerprint density at radius 3 is 2.52 bits per heavy atom. The van der Waals surface area contributed by atoms with Gasteiger partial charge in [0.15, 0.2) is 12.4 Å². The summed E-state index contributed by atoms with van der Waals surface area (Å²) in [4.78, 5) is 39.2. The number of thiazole rings is 1. The smallest absolute Gasteiger partial charge is 0.344 e. The van der Waals surface area contributed by atoms with Crippen LogP contribution >= 0.6 is 11.3 Å². The number of ether oxygens (including phenoxy) is 2. The molecule has 4 rings (SSSR count). The molecule has 1 N–H and O–H groups in total. The molecule has 1 atom stereocenters. The van der Waals surface area contributed by atoms with Gasteiger partial charge < -0.3 is 14.8 Å². The lowest BCUT2D eigenvalue weighted by atomic mass is 9.96. The summed E-state index contributed by atoms with van der Waals surface area (Å²) in [6, 6.07) is 15.2. The standard InChI is InChI=1S/C31H34N4O4S/c1-21-12-23(10-11-32-21)25-14-24(30(34-16-25)38-18-29(37)39-31(2,3)4)15-28(36)27(13-22-8-6-5-7-9-22)33-17-26-19-40-20-35-26/h5-12,14,16,19-20,27,33H,13,15,17-18H2,1-4H3/t27-/m0/s1. The molecule has 208 valence electrons. The van der Waals surface area contributed by atoms with Crippen molar-refractivity contribution in [1.29, 1.82) is 0 Å². The third-order valence-electron chi connectivity index (χ3n) is 5.95. The van der Waals surface area contributed by atoms with Gasteiger partial charge in [-0.25, -0.2) is 14.8 Å². The molecule has 8 nitrogen and oxygen atoms in total. The summed E-state index contributed by atoms with van der Waals surface area (Å²) in [6.45, 7) is 7.47. The number of rotatable bonds is 12. The van der Waals surface area contributed by atoms with Crippen LogP contribution in [0.4, 0.5) is 0 Å². The predicted octanol–water partition coefficient (Wildman–Crippen LogP) is 5.14. The number of benzene rings is 1. The number of hydrogen-bond acceptors (Lipinski definition) is 9. The van der Waals surface area contributed by atoms with E-state index in [9.17, 15) is 9.59 Å². The molecule has 9 heteroatoms. The Kier molecular flexibility index (Phi) is 9.74. The zero-order valence-electron chi connectivity index (χ0n) is 23.2. The zero-order valence-corrected chi connectivity index (χ0v) is 24.0. The number of pyridine rings is 2. The maximum absolute atomic E-state index is 13.8. The van der Waals surface area contributed by atoms with Gasteiger partial charge in [0.1, 0.15) is 5.60 Å². The topological polar surface area (TPSA) is 103 Å². The van der Waals surface area contributed by atoms with E-state index in [2.05, 4.69) is 20.3 Å². The van der Waals surface area contributed by atoms with E-state index in [1.165, 1.54) is 11.3 Å². The van der Waals surface area contributed by atoms with Gasteiger partial charge in [-0.1, -0.05) is 30.3 Å². The molecule has 0 aliphatic carbocycles. The molecule has 4 aromatic rings. The van der Waals surface area contributed by atoms with Crippen molar-refractivity contribution in [2.45, 2.75) is 58.7 Å². The zero-order chi connectivity index (χ0) is 28.5. The molecule has 0 bridgehead atoms. The number of esters is 1. The average Bonchev–Trinajstić information content (AvgIpc) is 3.43. The van der Waals surface area contributed by atoms with Gasteiger partial charge >= 0.3 is 5.97 Å². The minimum absolute atomic E-state index is 0.0222. The fourth-order valence-corrected chi connectivity index (χ4v) is 4.71. The van der Waals surface area contributed by atoms with Crippen molar-refractivity contribution in [3.63, 3.8) is 0 Å². The summed E-state index contributed by atoms with van der Waals surface area (Å²) in [6.07, 6.45) is 4.00. The summed E-state index contributed by atoms with van der Waals surface area (Å²) in [5.41, 5.74) is 6.29. The van der Waals surface area contributed by atoms with Crippen LogP contribution in [0, 0.1) is 6.92 Å². The summed E-state index contributed by atoms with van der Waals surface area (Å²) < 4.78 is 11.2. The van der Waals surface area contributed by atoms with E-state index in [1.807, 2.05) is 60.8 Å². The molecule has 1 aromatic carbocycles. The van der Waals surface area contributed by atoms with Crippen LogP contribution in [-0.4, -0.2) is 45.0 Å². The minimum atomic E-state index is -0.636. The fourth-order valence-electron chi connectivity index (χ4n) is 4.15. The lowest BCUT2D eigenvalue weighted by Gasteiger charge is -2.20. The van der Waals surface area contributed by atoms with E-state index < -0.39 is 17.6 Å². The molecule has 40 heavy (non-hydrogen) atoms. The number of aryl methyl sites for hydroxylation is 1. The molecule has 0 unspecified atom stereocenters. The van der Waals surface area contributed by atoms with E-state index >= 15 is 0 Å². The van der Waals surface area contributed by atoms with Crippen LogP contribution in [0.25, 0.3) is 11.1 Å². The molecule has 0 spiro atoms. The highest BCUT2D eigenvalue weighted by molar-refractivity contribution is 7.07. The number of aromatic nitrogens is 3. The number of carbonyl (C=O) groups is 2. The molecular weight excluding hydrogens is 524 g/mol. The first kappa shape index (κ1) is 29.0. The SMILES string of the molecule is Cc1cc(-c2cnc(OCC(=O)OC(C)(C)C)c(CC(=O)[C@H](Cc3ccccc3)NCc3cscn3)c2)ccn1. The summed E-state index contributed by atoms with van der Waals surface area (Å²) in [5, 5.41) is 5.35. The van der Waals surface area contributed by atoms with E-state index in [-0.39, 0.29) is 24.7 Å². The van der Waals surface area contributed by atoms with Crippen LogP contribution in [0.15, 0.2) is 71.8 Å². The van der Waals surface area contributed by atoms with Gasteiger partial charge in [0.05, 0.1) is 17.2 Å². The second-order valence-electron chi connectivity index (χ2n) is 10.5. The second kappa shape index (κ2) is 13.4. The molecule has 0 aliphatic heterocycles. The molecule has 3 heterocycles. The fraction of sp³-hybridized carbons (Fsp3) is 0.323. The van der Waals surface area contributed by atoms with Crippen molar-refractivity contribution in [2.24, 2.45) is 0 Å². The van der Waals surface area contributed by atoms with E-state index in [0.717, 1.165) is 28.1 Å². The van der Waals surface area contributed by atoms with Gasteiger partial charge in [-0.3, -0.25) is 9.78 Å². The summed E-state index contributed by atoms with van der Waals surface area (Å²) in [7, 11) is 0. The second-order valence-corrected chi connectivity index (χ2v) is 11.2. The van der Waals surface area contributed by atoms with Crippen molar-refractivity contribution >= 4 is 23.1 Å². The van der Waals surface area contributed by atoms with Gasteiger partial charge in [-0.15, -0.1) is 11.3 Å². The van der Waals surface area contributed by atoms with Crippen LogP contribution in [0.1, 0.15) is 43.3 Å². The Morgan fingerprint density at radius 1 is 1.02 bits per heavy atom. The Bertz CT molecular complexity index is 1420. The van der Waals surface area contributed by atoms with E-state index in [1.54, 1.807) is 38.7 Å². The van der Waals surface area contributed by atoms with Crippen LogP contribution in [0.2, 0.25) is 0 Å². The van der Waals surface area contributed by atoms with Gasteiger partial charge in [0, 0.05) is 47.6 Å². The van der Waals surface area contributed by atoms with Crippen molar-refractivity contribution in [2.75, 3.05) is 6.61 Å². The molecule has 0 amide bonds. The third kappa shape index (κ3) is 8.79. The Morgan fingerprint density at radius 2 is 1.82 bits per heavy atom. The normalized spacial score (nSPS) is 12.1. The maximum Gasteiger partial charge on any atom is 0.344 e. The Hall–Kier alpha value is -3.95. The summed E-state index contributed by atoms with van der Waals surface area (Å²) >= 11 is 1.52. The van der Waals surface area contributed by atoms with Crippen molar-refractivity contribution in [3.05, 3.63) is 94.3 Å². The van der Waals surface area contributed by atoms with Gasteiger partial charge in [0.2, 0.25) is 5.88 Å². The van der Waals surface area contributed by atoms with Gasteiger partial charge in [-0.2, -0.15) is 0 Å². The Balaban J connectivity index is 1.59. The number of Topliss-reactive ketones (excluding diaryl/α,β-unsaturated/α-hetero) is 1. The molecular formula is C31H34N4O4S. The van der Waals surface area contributed by atoms with E-state index in [0.29, 0.717) is 18.5 Å². The lowest BCUT2D eigenvalue weighted by Crippen LogP contribution is -2.39. The molecule has 0 radical (unpaired) electrons.